The van der Waals surface area contributed by atoms with Crippen LogP contribution in [0.3, 0.4) is 0 Å². The van der Waals surface area contributed by atoms with Crippen LogP contribution in [0.1, 0.15) is 44.2 Å². The summed E-state index contributed by atoms with van der Waals surface area (Å²) in [7, 11) is 0. The molecule has 4 nitrogen and oxygen atoms in total. The lowest BCUT2D eigenvalue weighted by Gasteiger charge is -2.20. The molecular formula is C13H16N2O2. The van der Waals surface area contributed by atoms with Crippen LogP contribution in [-0.4, -0.2) is 15.2 Å². The summed E-state index contributed by atoms with van der Waals surface area (Å²) in [6.45, 7) is 5.65. The van der Waals surface area contributed by atoms with Crippen LogP contribution in [-0.2, 0) is 5.41 Å². The van der Waals surface area contributed by atoms with Crippen LogP contribution in [0.25, 0.3) is 0 Å². The van der Waals surface area contributed by atoms with Crippen LogP contribution in [0.2, 0.25) is 0 Å². The highest BCUT2D eigenvalue weighted by Crippen LogP contribution is 2.30. The van der Waals surface area contributed by atoms with Gasteiger partial charge in [-0.2, -0.15) is 4.98 Å². The predicted molar refractivity (Wildman–Crippen MR) is 63.5 cm³/mol. The molecule has 0 saturated carbocycles. The Kier molecular flexibility index (Phi) is 2.98. The third kappa shape index (κ3) is 2.22. The molecule has 0 aliphatic heterocycles. The van der Waals surface area contributed by atoms with Gasteiger partial charge < -0.3 is 9.63 Å². The molecule has 0 aliphatic rings. The highest BCUT2D eigenvalue weighted by Gasteiger charge is 2.30. The first-order valence-electron chi connectivity index (χ1n) is 5.59. The zero-order valence-electron chi connectivity index (χ0n) is 10.2. The molecule has 90 valence electrons. The maximum Gasteiger partial charge on any atom is 0.236 e. The topological polar surface area (TPSA) is 59.2 Å². The maximum atomic E-state index is 9.39. The molecule has 2 rings (SSSR count). The molecule has 1 atom stereocenters. The first kappa shape index (κ1) is 11.8. The minimum Gasteiger partial charge on any atom is -0.385 e. The number of rotatable bonds is 3. The molecule has 0 spiro atoms. The standard InChI is InChI=1S/C13H16N2O2/c1-9(16)11-14-12(17-15-11)13(2,3)10-7-5-4-6-8-10/h4-9,16H,1-3H3. The van der Waals surface area contributed by atoms with E-state index in [1.165, 1.54) is 0 Å². The maximum absolute atomic E-state index is 9.39. The van der Waals surface area contributed by atoms with Crippen molar-refractivity contribution in [3.05, 3.63) is 47.6 Å². The Balaban J connectivity index is 2.37. The van der Waals surface area contributed by atoms with E-state index in [1.807, 2.05) is 44.2 Å². The summed E-state index contributed by atoms with van der Waals surface area (Å²) in [4.78, 5) is 4.23. The normalized spacial score (nSPS) is 13.6. The molecular weight excluding hydrogens is 216 g/mol. The monoisotopic (exact) mass is 232 g/mol. The summed E-state index contributed by atoms with van der Waals surface area (Å²) in [5.41, 5.74) is 0.738. The van der Waals surface area contributed by atoms with E-state index < -0.39 is 6.10 Å². The van der Waals surface area contributed by atoms with E-state index in [-0.39, 0.29) is 5.41 Å². The minimum absolute atomic E-state index is 0.323. The number of benzene rings is 1. The molecule has 4 heteroatoms. The Morgan fingerprint density at radius 3 is 2.41 bits per heavy atom. The van der Waals surface area contributed by atoms with E-state index >= 15 is 0 Å². The van der Waals surface area contributed by atoms with E-state index in [1.54, 1.807) is 6.92 Å². The van der Waals surface area contributed by atoms with Gasteiger partial charge in [0.25, 0.3) is 0 Å². The van der Waals surface area contributed by atoms with Gasteiger partial charge in [0, 0.05) is 0 Å². The van der Waals surface area contributed by atoms with Crippen molar-refractivity contribution in [3.8, 4) is 0 Å². The lowest BCUT2D eigenvalue weighted by molar-refractivity contribution is 0.184. The lowest BCUT2D eigenvalue weighted by atomic mass is 9.84. The van der Waals surface area contributed by atoms with Gasteiger partial charge >= 0.3 is 0 Å². The van der Waals surface area contributed by atoms with Gasteiger partial charge in [0.2, 0.25) is 5.89 Å². The molecule has 1 aromatic carbocycles. The van der Waals surface area contributed by atoms with Crippen molar-refractivity contribution in [3.63, 3.8) is 0 Å². The van der Waals surface area contributed by atoms with Crippen molar-refractivity contribution >= 4 is 0 Å². The molecule has 17 heavy (non-hydrogen) atoms. The molecule has 0 radical (unpaired) electrons. The van der Waals surface area contributed by atoms with E-state index in [0.717, 1.165) is 5.56 Å². The molecule has 1 unspecified atom stereocenters. The Bertz CT molecular complexity index is 489. The molecule has 0 saturated heterocycles. The van der Waals surface area contributed by atoms with Crippen molar-refractivity contribution in [2.45, 2.75) is 32.3 Å². The Hall–Kier alpha value is -1.68. The third-order valence-corrected chi connectivity index (χ3v) is 2.85. The fraction of sp³-hybridized carbons (Fsp3) is 0.385. The first-order valence-corrected chi connectivity index (χ1v) is 5.59. The average molecular weight is 232 g/mol. The predicted octanol–water partition coefficient (Wildman–Crippen LogP) is 2.45. The first-order chi connectivity index (χ1) is 8.01. The van der Waals surface area contributed by atoms with Crippen LogP contribution in [0.4, 0.5) is 0 Å². The van der Waals surface area contributed by atoms with Gasteiger partial charge in [-0.1, -0.05) is 35.5 Å². The van der Waals surface area contributed by atoms with Crippen molar-refractivity contribution in [1.29, 1.82) is 0 Å². The summed E-state index contributed by atoms with van der Waals surface area (Å²) in [5.74, 6) is 0.837. The fourth-order valence-electron chi connectivity index (χ4n) is 1.64. The summed E-state index contributed by atoms with van der Waals surface area (Å²) in [6.07, 6.45) is -0.709. The van der Waals surface area contributed by atoms with Crippen LogP contribution < -0.4 is 0 Å². The van der Waals surface area contributed by atoms with Gasteiger partial charge in [0.1, 0.15) is 6.10 Å². The van der Waals surface area contributed by atoms with E-state index in [9.17, 15) is 5.11 Å². The average Bonchev–Trinajstić information content (AvgIpc) is 2.80. The Morgan fingerprint density at radius 1 is 1.24 bits per heavy atom. The number of hydrogen-bond donors (Lipinski definition) is 1. The van der Waals surface area contributed by atoms with Gasteiger partial charge in [-0.3, -0.25) is 0 Å². The van der Waals surface area contributed by atoms with Crippen LogP contribution in [0.15, 0.2) is 34.9 Å². The summed E-state index contributed by atoms with van der Waals surface area (Å²) in [5, 5.41) is 13.2. The molecule has 1 N–H and O–H groups in total. The van der Waals surface area contributed by atoms with Crippen LogP contribution in [0.5, 0.6) is 0 Å². The molecule has 2 aromatic rings. The number of aliphatic hydroxyl groups excluding tert-OH is 1. The van der Waals surface area contributed by atoms with Crippen molar-refractivity contribution in [1.82, 2.24) is 10.1 Å². The molecule has 0 fully saturated rings. The number of aliphatic hydroxyl groups is 1. The van der Waals surface area contributed by atoms with Gasteiger partial charge in [0.15, 0.2) is 5.82 Å². The molecule has 0 amide bonds. The van der Waals surface area contributed by atoms with Crippen molar-refractivity contribution in [2.24, 2.45) is 0 Å². The lowest BCUT2D eigenvalue weighted by Crippen LogP contribution is -2.19. The zero-order chi connectivity index (χ0) is 12.5. The molecule has 1 heterocycles. The highest BCUT2D eigenvalue weighted by atomic mass is 16.5. The van der Waals surface area contributed by atoms with E-state index in [4.69, 9.17) is 4.52 Å². The largest absolute Gasteiger partial charge is 0.385 e. The summed E-state index contributed by atoms with van der Waals surface area (Å²) >= 11 is 0. The quantitative estimate of drug-likeness (QED) is 0.883. The van der Waals surface area contributed by atoms with Crippen LogP contribution in [0, 0.1) is 0 Å². The highest BCUT2D eigenvalue weighted by molar-refractivity contribution is 5.29. The van der Waals surface area contributed by atoms with E-state index in [0.29, 0.717) is 11.7 Å². The van der Waals surface area contributed by atoms with Gasteiger partial charge in [0.05, 0.1) is 5.41 Å². The SMILES string of the molecule is CC(O)c1noc(C(C)(C)c2ccccc2)n1. The fourth-order valence-corrected chi connectivity index (χ4v) is 1.64. The second-order valence-corrected chi connectivity index (χ2v) is 4.62. The van der Waals surface area contributed by atoms with Crippen molar-refractivity contribution in [2.75, 3.05) is 0 Å². The third-order valence-electron chi connectivity index (χ3n) is 2.85. The Labute approximate surface area is 100 Å². The number of hydrogen-bond acceptors (Lipinski definition) is 4. The van der Waals surface area contributed by atoms with Gasteiger partial charge in [-0.25, -0.2) is 0 Å². The second kappa shape index (κ2) is 4.30. The smallest absolute Gasteiger partial charge is 0.236 e. The summed E-state index contributed by atoms with van der Waals surface area (Å²) in [6, 6.07) is 9.96. The summed E-state index contributed by atoms with van der Waals surface area (Å²) < 4.78 is 5.22. The van der Waals surface area contributed by atoms with Crippen LogP contribution >= 0.6 is 0 Å². The van der Waals surface area contributed by atoms with Gasteiger partial charge in [-0.05, 0) is 26.3 Å². The zero-order valence-corrected chi connectivity index (χ0v) is 10.2. The van der Waals surface area contributed by atoms with Crippen molar-refractivity contribution < 1.29 is 9.63 Å². The van der Waals surface area contributed by atoms with Gasteiger partial charge in [-0.15, -0.1) is 0 Å². The molecule has 0 bridgehead atoms. The second-order valence-electron chi connectivity index (χ2n) is 4.62. The number of aromatic nitrogens is 2. The van der Waals surface area contributed by atoms with E-state index in [2.05, 4.69) is 10.1 Å². The Morgan fingerprint density at radius 2 is 1.88 bits per heavy atom. The number of nitrogens with zero attached hydrogens (tertiary/aromatic N) is 2. The molecule has 1 aromatic heterocycles. The molecule has 0 aliphatic carbocycles. The minimum atomic E-state index is -0.709.